The molecular weight excluding hydrogens is 414 g/mol. The molecule has 0 radical (unpaired) electrons. The highest BCUT2D eigenvalue weighted by Gasteiger charge is 2.28. The van der Waals surface area contributed by atoms with Crippen LogP contribution in [0.1, 0.15) is 41.5 Å². The molecule has 0 N–H and O–H groups in total. The molecule has 1 aromatic carbocycles. The van der Waals surface area contributed by atoms with Crippen LogP contribution < -0.4 is 9.47 Å². The zero-order valence-corrected chi connectivity index (χ0v) is 21.7. The Hall–Kier alpha value is -0.400. The Morgan fingerprint density at radius 2 is 0.967 bits per heavy atom. The minimum atomic E-state index is -0.0691. The number of benzene rings is 1. The van der Waals surface area contributed by atoms with E-state index in [4.69, 9.17) is 18.9 Å². The minimum absolute atomic E-state index is 0.0691. The van der Waals surface area contributed by atoms with E-state index in [0.29, 0.717) is 36.7 Å². The molecule has 1 heterocycles. The Balaban J connectivity index is 2.03. The van der Waals surface area contributed by atoms with Gasteiger partial charge in [-0.2, -0.15) is 0 Å². The fourth-order valence-electron chi connectivity index (χ4n) is 3.47. The van der Waals surface area contributed by atoms with Gasteiger partial charge in [-0.05, 0) is 47.1 Å². The zero-order valence-electron chi connectivity index (χ0n) is 19.9. The number of rotatable bonds is 0. The molecule has 0 amide bonds. The van der Waals surface area contributed by atoms with Gasteiger partial charge < -0.3 is 18.9 Å². The highest BCUT2D eigenvalue weighted by molar-refractivity contribution is 7.63. The number of hydrogen-bond acceptors (Lipinski definition) is 4. The quantitative estimate of drug-likeness (QED) is 0.445. The summed E-state index contributed by atoms with van der Waals surface area (Å²) in [7, 11) is -0.138. The van der Waals surface area contributed by atoms with Crippen LogP contribution in [0.15, 0.2) is 24.3 Å². The molecule has 1 aliphatic rings. The zero-order chi connectivity index (χ0) is 22.0. The Labute approximate surface area is 186 Å². The molecule has 0 aromatic heterocycles. The van der Waals surface area contributed by atoms with Crippen LogP contribution in [0.5, 0.6) is 11.5 Å². The monoisotopic (exact) mass is 456 g/mol. The molecule has 0 bridgehead atoms. The largest absolute Gasteiger partial charge is 0.487 e. The van der Waals surface area contributed by atoms with Crippen molar-refractivity contribution in [1.82, 2.24) is 0 Å². The molecule has 0 saturated heterocycles. The minimum Gasteiger partial charge on any atom is -0.487 e. The summed E-state index contributed by atoms with van der Waals surface area (Å²) < 4.78 is 23.7. The lowest BCUT2D eigenvalue weighted by atomic mass is 10.3. The van der Waals surface area contributed by atoms with Gasteiger partial charge in [0.2, 0.25) is 0 Å². The predicted octanol–water partition coefficient (Wildman–Crippen LogP) is 6.05. The fraction of sp³-hybridized carbons (Fsp3) is 0.750. The summed E-state index contributed by atoms with van der Waals surface area (Å²) in [6, 6.07) is 7.83. The third kappa shape index (κ3) is 9.39. The van der Waals surface area contributed by atoms with E-state index in [1.165, 1.54) is 24.6 Å². The molecule has 2 atom stereocenters. The molecule has 172 valence electrons. The summed E-state index contributed by atoms with van der Waals surface area (Å²) in [6.45, 7) is 18.3. The second-order valence-electron chi connectivity index (χ2n) is 9.68. The van der Waals surface area contributed by atoms with Crippen LogP contribution in [0, 0.1) is 0 Å². The Kier molecular flexibility index (Phi) is 10.9. The van der Waals surface area contributed by atoms with Gasteiger partial charge in [0.25, 0.3) is 0 Å². The van der Waals surface area contributed by atoms with Crippen molar-refractivity contribution in [2.24, 2.45) is 0 Å². The summed E-state index contributed by atoms with van der Waals surface area (Å²) in [5, 5.41) is 0.726. The lowest BCUT2D eigenvalue weighted by Crippen LogP contribution is -2.23. The van der Waals surface area contributed by atoms with Gasteiger partial charge in [0.1, 0.15) is 13.2 Å². The second-order valence-corrected chi connectivity index (χ2v) is 16.3. The van der Waals surface area contributed by atoms with Crippen molar-refractivity contribution in [2.45, 2.75) is 51.9 Å². The number of hydrogen-bond donors (Lipinski definition) is 0. The summed E-state index contributed by atoms with van der Waals surface area (Å²) in [6.07, 6.45) is 5.00. The number of fused-ring (bicyclic) bond motifs is 1. The van der Waals surface area contributed by atoms with Crippen LogP contribution in [0.3, 0.4) is 0 Å². The molecule has 1 aliphatic heterocycles. The predicted molar refractivity (Wildman–Crippen MR) is 132 cm³/mol. The maximum Gasteiger partial charge on any atom is 0.161 e. The number of para-hydroxylation sites is 2. The van der Waals surface area contributed by atoms with Crippen molar-refractivity contribution in [3.05, 3.63) is 24.3 Å². The van der Waals surface area contributed by atoms with E-state index in [0.717, 1.165) is 24.7 Å². The molecule has 1 aromatic rings. The summed E-state index contributed by atoms with van der Waals surface area (Å²) >= 11 is 0. The third-order valence-corrected chi connectivity index (χ3v) is 12.5. The van der Waals surface area contributed by atoms with Gasteiger partial charge in [0.15, 0.2) is 11.5 Å². The fourth-order valence-corrected chi connectivity index (χ4v) is 9.23. The van der Waals surface area contributed by atoms with Crippen molar-refractivity contribution in [3.63, 3.8) is 0 Å². The van der Waals surface area contributed by atoms with E-state index in [9.17, 15) is 0 Å². The van der Waals surface area contributed by atoms with Crippen molar-refractivity contribution in [2.75, 3.05) is 64.3 Å². The van der Waals surface area contributed by atoms with Crippen LogP contribution >= 0.6 is 15.8 Å². The first kappa shape index (κ1) is 25.9. The molecule has 0 fully saturated rings. The highest BCUT2D eigenvalue weighted by Crippen LogP contribution is 2.55. The first-order valence-corrected chi connectivity index (χ1v) is 14.6. The molecule has 0 aliphatic carbocycles. The molecule has 2 rings (SSSR count). The van der Waals surface area contributed by atoms with Crippen molar-refractivity contribution in [3.8, 4) is 11.5 Å². The molecule has 0 saturated carbocycles. The van der Waals surface area contributed by atoms with E-state index in [2.05, 4.69) is 41.5 Å². The topological polar surface area (TPSA) is 36.9 Å². The van der Waals surface area contributed by atoms with Crippen LogP contribution in [-0.2, 0) is 9.47 Å². The van der Waals surface area contributed by atoms with E-state index in [1.807, 2.05) is 24.3 Å². The SMILES string of the molecule is CC(C)(C)P1CCOCCOc2ccccc2OCCOCCP(C(C)(C)C)CC1. The first-order chi connectivity index (χ1) is 14.2. The Bertz CT molecular complexity index is 557. The smallest absolute Gasteiger partial charge is 0.161 e. The van der Waals surface area contributed by atoms with Crippen LogP contribution in [0.4, 0.5) is 0 Å². The normalized spacial score (nSPS) is 23.9. The van der Waals surface area contributed by atoms with Gasteiger partial charge in [-0.1, -0.05) is 69.5 Å². The van der Waals surface area contributed by atoms with Gasteiger partial charge in [0.05, 0.1) is 26.4 Å². The second kappa shape index (κ2) is 12.6. The van der Waals surface area contributed by atoms with E-state index in [1.54, 1.807) is 0 Å². The van der Waals surface area contributed by atoms with E-state index in [-0.39, 0.29) is 15.8 Å². The molecule has 6 heteroatoms. The lowest BCUT2D eigenvalue weighted by Gasteiger charge is -2.36. The van der Waals surface area contributed by atoms with Crippen molar-refractivity contribution in [1.29, 1.82) is 0 Å². The Morgan fingerprint density at radius 1 is 0.567 bits per heavy atom. The standard InChI is InChI=1S/C24H42O4P2/c1-23(2,3)29-17-15-25-11-13-27-21-9-7-8-10-22(21)28-14-12-26-16-18-30(20-19-29)24(4,5)6/h7-10H,11-20H2,1-6H3. The lowest BCUT2D eigenvalue weighted by molar-refractivity contribution is 0.101. The van der Waals surface area contributed by atoms with Crippen molar-refractivity contribution >= 4 is 15.8 Å². The Morgan fingerprint density at radius 3 is 1.33 bits per heavy atom. The molecule has 4 nitrogen and oxygen atoms in total. The van der Waals surface area contributed by atoms with Gasteiger partial charge in [-0.15, -0.1) is 0 Å². The maximum absolute atomic E-state index is 5.95. The molecule has 2 unspecified atom stereocenters. The van der Waals surface area contributed by atoms with Gasteiger partial charge in [-0.25, -0.2) is 0 Å². The maximum atomic E-state index is 5.95. The molecule has 30 heavy (non-hydrogen) atoms. The summed E-state index contributed by atoms with van der Waals surface area (Å²) in [4.78, 5) is 0. The van der Waals surface area contributed by atoms with Crippen LogP contribution in [0.25, 0.3) is 0 Å². The third-order valence-electron chi connectivity index (χ3n) is 5.37. The number of ether oxygens (including phenoxy) is 4. The summed E-state index contributed by atoms with van der Waals surface area (Å²) in [5.74, 6) is 1.55. The van der Waals surface area contributed by atoms with Crippen LogP contribution in [-0.4, -0.2) is 74.6 Å². The molecule has 0 spiro atoms. The van der Waals surface area contributed by atoms with Crippen LogP contribution in [0.2, 0.25) is 0 Å². The first-order valence-electron chi connectivity index (χ1n) is 11.2. The van der Waals surface area contributed by atoms with E-state index < -0.39 is 0 Å². The average Bonchev–Trinajstić information content (AvgIpc) is 2.65. The van der Waals surface area contributed by atoms with Gasteiger partial charge >= 0.3 is 0 Å². The van der Waals surface area contributed by atoms with Gasteiger partial charge in [-0.3, -0.25) is 0 Å². The average molecular weight is 457 g/mol. The molecular formula is C24H42O4P2. The highest BCUT2D eigenvalue weighted by atomic mass is 31.1. The van der Waals surface area contributed by atoms with E-state index >= 15 is 0 Å². The summed E-state index contributed by atoms with van der Waals surface area (Å²) in [5.41, 5.74) is 0. The van der Waals surface area contributed by atoms with Crippen molar-refractivity contribution < 1.29 is 18.9 Å². The van der Waals surface area contributed by atoms with Gasteiger partial charge in [0, 0.05) is 0 Å².